The van der Waals surface area contributed by atoms with Crippen LogP contribution in [0.25, 0.3) is 0 Å². The van der Waals surface area contributed by atoms with Crippen LogP contribution in [-0.2, 0) is 0 Å². The van der Waals surface area contributed by atoms with E-state index in [9.17, 15) is 13.6 Å². The minimum absolute atomic E-state index is 0.0156. The Morgan fingerprint density at radius 2 is 2.04 bits per heavy atom. The van der Waals surface area contributed by atoms with Crippen LogP contribution in [0.1, 0.15) is 56.7 Å². The Kier molecular flexibility index (Phi) is 5.13. The fourth-order valence-corrected chi connectivity index (χ4v) is 3.72. The van der Waals surface area contributed by atoms with E-state index in [-0.39, 0.29) is 18.1 Å². The largest absolute Gasteiger partial charge is 0.335 e. The lowest BCUT2D eigenvalue weighted by Crippen LogP contribution is -2.49. The van der Waals surface area contributed by atoms with Crippen LogP contribution in [0.5, 0.6) is 0 Å². The lowest BCUT2D eigenvalue weighted by molar-refractivity contribution is 0.0505. The zero-order valence-corrected chi connectivity index (χ0v) is 13.2. The van der Waals surface area contributed by atoms with E-state index in [1.54, 1.807) is 6.20 Å². The molecule has 1 aliphatic carbocycles. The highest BCUT2D eigenvalue weighted by Gasteiger charge is 2.32. The number of rotatable bonds is 3. The topological polar surface area (TPSA) is 61.0 Å². The summed E-state index contributed by atoms with van der Waals surface area (Å²) in [5.41, 5.74) is 0.959. The molecule has 3 rings (SSSR count). The fourth-order valence-electron chi connectivity index (χ4n) is 3.72. The Labute approximate surface area is 134 Å². The third-order valence-corrected chi connectivity index (χ3v) is 5.10. The Hall–Kier alpha value is -1.66. The summed E-state index contributed by atoms with van der Waals surface area (Å²) in [5, 5.41) is 9.98. The van der Waals surface area contributed by atoms with Crippen LogP contribution in [0.2, 0.25) is 0 Å². The number of aromatic amines is 1. The van der Waals surface area contributed by atoms with Crippen molar-refractivity contribution in [3.8, 4) is 0 Å². The first-order valence-corrected chi connectivity index (χ1v) is 8.49. The molecule has 2 N–H and O–H groups in total. The van der Waals surface area contributed by atoms with Gasteiger partial charge in [0, 0.05) is 24.7 Å². The molecule has 0 bridgehead atoms. The maximum atomic E-state index is 12.7. The first-order valence-electron chi connectivity index (χ1n) is 8.49. The number of H-pyrrole nitrogens is 1. The molecule has 7 heteroatoms. The summed E-state index contributed by atoms with van der Waals surface area (Å²) in [7, 11) is 0. The number of hydrogen-bond donors (Lipinski definition) is 2. The first-order chi connectivity index (χ1) is 11.1. The van der Waals surface area contributed by atoms with Crippen molar-refractivity contribution in [2.75, 3.05) is 6.54 Å². The van der Waals surface area contributed by atoms with Gasteiger partial charge in [0.1, 0.15) is 0 Å². The van der Waals surface area contributed by atoms with Gasteiger partial charge in [0.15, 0.2) is 0 Å². The number of nitrogens with one attached hydrogen (secondary N) is 2. The number of likely N-dealkylation sites (tertiary alicyclic amines) is 1. The van der Waals surface area contributed by atoms with Gasteiger partial charge in [0.2, 0.25) is 6.43 Å². The molecule has 1 aliphatic heterocycles. The Bertz CT molecular complexity index is 500. The minimum Gasteiger partial charge on any atom is -0.335 e. The second-order valence-electron chi connectivity index (χ2n) is 6.61. The SMILES string of the molecule is O=C(NC1CCC(C(F)F)CC1)N1CCCCC1c1ccn[nH]1. The van der Waals surface area contributed by atoms with E-state index in [2.05, 4.69) is 15.5 Å². The van der Waals surface area contributed by atoms with Crippen molar-refractivity contribution >= 4 is 6.03 Å². The highest BCUT2D eigenvalue weighted by atomic mass is 19.3. The van der Waals surface area contributed by atoms with Gasteiger partial charge in [-0.05, 0) is 51.0 Å². The van der Waals surface area contributed by atoms with Crippen molar-refractivity contribution < 1.29 is 13.6 Å². The monoisotopic (exact) mass is 326 g/mol. The Morgan fingerprint density at radius 3 is 2.70 bits per heavy atom. The highest BCUT2D eigenvalue weighted by Crippen LogP contribution is 2.31. The number of piperidine rings is 1. The molecule has 0 aromatic carbocycles. The number of alkyl halides is 2. The maximum absolute atomic E-state index is 12.7. The van der Waals surface area contributed by atoms with E-state index in [0.717, 1.165) is 31.5 Å². The molecule has 0 spiro atoms. The average Bonchev–Trinajstić information content (AvgIpc) is 3.09. The van der Waals surface area contributed by atoms with E-state index in [4.69, 9.17) is 0 Å². The van der Waals surface area contributed by atoms with Crippen molar-refractivity contribution in [1.29, 1.82) is 0 Å². The van der Waals surface area contributed by atoms with Gasteiger partial charge in [-0.2, -0.15) is 5.10 Å². The molecule has 1 aromatic rings. The smallest absolute Gasteiger partial charge is 0.318 e. The van der Waals surface area contributed by atoms with Crippen LogP contribution in [0.4, 0.5) is 13.6 Å². The van der Waals surface area contributed by atoms with Crippen molar-refractivity contribution in [3.05, 3.63) is 18.0 Å². The van der Waals surface area contributed by atoms with E-state index in [1.165, 1.54) is 0 Å². The second kappa shape index (κ2) is 7.27. The van der Waals surface area contributed by atoms with Crippen molar-refractivity contribution in [3.63, 3.8) is 0 Å². The number of nitrogens with zero attached hydrogens (tertiary/aromatic N) is 2. The Balaban J connectivity index is 1.56. The minimum atomic E-state index is -2.24. The van der Waals surface area contributed by atoms with E-state index >= 15 is 0 Å². The molecule has 5 nitrogen and oxygen atoms in total. The van der Waals surface area contributed by atoms with Crippen molar-refractivity contribution in [2.24, 2.45) is 5.92 Å². The molecule has 1 aromatic heterocycles. The standard InChI is InChI=1S/C16H24F2N4O/c17-15(18)11-4-6-12(7-5-11)20-16(23)22-10-2-1-3-14(22)13-8-9-19-21-13/h8-9,11-12,14-15H,1-7,10H2,(H,19,21)(H,20,23). The summed E-state index contributed by atoms with van der Waals surface area (Å²) in [6.07, 6.45) is 4.74. The maximum Gasteiger partial charge on any atom is 0.318 e. The molecule has 1 saturated carbocycles. The molecule has 1 saturated heterocycles. The molecule has 2 amide bonds. The summed E-state index contributed by atoms with van der Waals surface area (Å²) in [4.78, 5) is 14.5. The van der Waals surface area contributed by atoms with E-state index in [1.807, 2.05) is 11.0 Å². The summed E-state index contributed by atoms with van der Waals surface area (Å²) in [5.74, 6) is -0.504. The number of amides is 2. The number of halogens is 2. The van der Waals surface area contributed by atoms with E-state index in [0.29, 0.717) is 25.7 Å². The van der Waals surface area contributed by atoms with Gasteiger partial charge >= 0.3 is 6.03 Å². The molecule has 128 valence electrons. The van der Waals surface area contributed by atoms with Crippen LogP contribution in [0.3, 0.4) is 0 Å². The zero-order valence-electron chi connectivity index (χ0n) is 13.2. The van der Waals surface area contributed by atoms with Crippen LogP contribution < -0.4 is 5.32 Å². The summed E-state index contributed by atoms with van der Waals surface area (Å²) in [6, 6.07) is 1.87. The molecular weight excluding hydrogens is 302 g/mol. The fraction of sp³-hybridized carbons (Fsp3) is 0.750. The van der Waals surface area contributed by atoms with Crippen LogP contribution in [0.15, 0.2) is 12.3 Å². The number of carbonyl (C=O) groups is 1. The predicted molar refractivity (Wildman–Crippen MR) is 82.2 cm³/mol. The molecule has 1 atom stereocenters. The van der Waals surface area contributed by atoms with Gasteiger partial charge < -0.3 is 10.2 Å². The highest BCUT2D eigenvalue weighted by molar-refractivity contribution is 5.75. The lowest BCUT2D eigenvalue weighted by atomic mass is 9.86. The van der Waals surface area contributed by atoms with Crippen LogP contribution >= 0.6 is 0 Å². The Morgan fingerprint density at radius 1 is 1.26 bits per heavy atom. The third-order valence-electron chi connectivity index (χ3n) is 5.10. The van der Waals surface area contributed by atoms with Gasteiger partial charge in [-0.15, -0.1) is 0 Å². The quantitative estimate of drug-likeness (QED) is 0.893. The predicted octanol–water partition coefficient (Wildman–Crippen LogP) is 3.47. The summed E-state index contributed by atoms with van der Waals surface area (Å²) in [6.45, 7) is 0.724. The zero-order chi connectivity index (χ0) is 16.2. The van der Waals surface area contributed by atoms with Crippen LogP contribution in [-0.4, -0.2) is 40.1 Å². The van der Waals surface area contributed by atoms with Gasteiger partial charge in [-0.3, -0.25) is 5.10 Å². The van der Waals surface area contributed by atoms with E-state index < -0.39 is 12.3 Å². The molecular formula is C16H24F2N4O. The molecule has 2 aliphatic rings. The molecule has 0 radical (unpaired) electrons. The van der Waals surface area contributed by atoms with Crippen molar-refractivity contribution in [1.82, 2.24) is 20.4 Å². The van der Waals surface area contributed by atoms with Gasteiger partial charge in [0.25, 0.3) is 0 Å². The van der Waals surface area contributed by atoms with Gasteiger partial charge in [-0.1, -0.05) is 0 Å². The molecule has 2 heterocycles. The summed E-state index contributed by atoms with van der Waals surface area (Å²) < 4.78 is 25.4. The van der Waals surface area contributed by atoms with Gasteiger partial charge in [0.05, 0.1) is 11.7 Å². The van der Waals surface area contributed by atoms with Crippen LogP contribution in [0, 0.1) is 5.92 Å². The van der Waals surface area contributed by atoms with Gasteiger partial charge in [-0.25, -0.2) is 13.6 Å². The van der Waals surface area contributed by atoms with Crippen molar-refractivity contribution in [2.45, 2.75) is 63.5 Å². The molecule has 23 heavy (non-hydrogen) atoms. The normalized spacial score (nSPS) is 28.8. The average molecular weight is 326 g/mol. The first kappa shape index (κ1) is 16.2. The summed E-state index contributed by atoms with van der Waals surface area (Å²) >= 11 is 0. The second-order valence-corrected chi connectivity index (χ2v) is 6.61. The number of urea groups is 1. The number of carbonyl (C=O) groups excluding carboxylic acids is 1. The molecule has 1 unspecified atom stereocenters. The third kappa shape index (κ3) is 3.82. The molecule has 2 fully saturated rings. The number of hydrogen-bond acceptors (Lipinski definition) is 2. The number of aromatic nitrogens is 2. The lowest BCUT2D eigenvalue weighted by Gasteiger charge is -2.37.